The average Bonchev–Trinajstić information content (AvgIpc) is 3.13. The van der Waals surface area contributed by atoms with Crippen LogP contribution in [-0.4, -0.2) is 36.8 Å². The topological polar surface area (TPSA) is 62.6 Å². The van der Waals surface area contributed by atoms with E-state index >= 15 is 0 Å². The van der Waals surface area contributed by atoms with Crippen LogP contribution in [0, 0.1) is 0 Å². The summed E-state index contributed by atoms with van der Waals surface area (Å²) in [5.41, 5.74) is 3.52. The van der Waals surface area contributed by atoms with Gasteiger partial charge in [-0.15, -0.1) is 0 Å². The quantitative estimate of drug-likeness (QED) is 0.697. The molecule has 26 heavy (non-hydrogen) atoms. The lowest BCUT2D eigenvalue weighted by Crippen LogP contribution is -2.01. The molecule has 6 nitrogen and oxygen atoms in total. The molecule has 0 radical (unpaired) electrons. The number of hydrogen-bond acceptors (Lipinski definition) is 5. The van der Waals surface area contributed by atoms with Gasteiger partial charge < -0.3 is 14.2 Å². The van der Waals surface area contributed by atoms with Crippen LogP contribution < -0.4 is 14.2 Å². The van der Waals surface area contributed by atoms with E-state index in [0.29, 0.717) is 17.2 Å². The summed E-state index contributed by atoms with van der Waals surface area (Å²) in [7, 11) is 4.71. The number of pyridine rings is 1. The van der Waals surface area contributed by atoms with Gasteiger partial charge in [-0.05, 0) is 23.8 Å². The van der Waals surface area contributed by atoms with Crippen molar-refractivity contribution in [3.63, 3.8) is 0 Å². The van der Waals surface area contributed by atoms with Crippen LogP contribution in [0.2, 0.25) is 0 Å². The Morgan fingerprint density at radius 3 is 2.04 bits per heavy atom. The summed E-state index contributed by atoms with van der Waals surface area (Å²) in [5, 5.41) is 0. The van der Waals surface area contributed by atoms with Crippen LogP contribution in [0.25, 0.3) is 22.3 Å². The Balaban J connectivity index is 2.25. The van der Waals surface area contributed by atoms with E-state index in [-0.39, 0.29) is 5.91 Å². The number of hydrogen-bond donors (Lipinski definition) is 0. The third-order valence-electron chi connectivity index (χ3n) is 4.14. The predicted octanol–water partition coefficient (Wildman–Crippen LogP) is 3.90. The molecular weight excluding hydrogens is 332 g/mol. The molecule has 0 aliphatic rings. The Labute approximate surface area is 152 Å². The minimum absolute atomic E-state index is 0.0752. The normalized spacial score (nSPS) is 10.5. The summed E-state index contributed by atoms with van der Waals surface area (Å²) < 4.78 is 17.8. The molecule has 0 aliphatic carbocycles. The number of aromatic nitrogens is 2. The van der Waals surface area contributed by atoms with Crippen LogP contribution >= 0.6 is 0 Å². The second-order valence-electron chi connectivity index (χ2n) is 5.67. The lowest BCUT2D eigenvalue weighted by Gasteiger charge is -2.14. The smallest absolute Gasteiger partial charge is 0.227 e. The van der Waals surface area contributed by atoms with E-state index in [1.54, 1.807) is 50.7 Å². The highest BCUT2D eigenvalue weighted by atomic mass is 16.5. The molecule has 0 saturated carbocycles. The molecule has 1 aromatic carbocycles. The van der Waals surface area contributed by atoms with E-state index < -0.39 is 0 Å². The van der Waals surface area contributed by atoms with Crippen molar-refractivity contribution in [1.82, 2.24) is 9.55 Å². The highest BCUT2D eigenvalue weighted by Crippen LogP contribution is 2.43. The first-order valence-electron chi connectivity index (χ1n) is 8.02. The highest BCUT2D eigenvalue weighted by molar-refractivity contribution is 5.89. The fourth-order valence-electron chi connectivity index (χ4n) is 2.86. The van der Waals surface area contributed by atoms with Crippen molar-refractivity contribution in [3.05, 3.63) is 49.1 Å². The number of benzene rings is 1. The molecule has 134 valence electrons. The second-order valence-corrected chi connectivity index (χ2v) is 5.67. The largest absolute Gasteiger partial charge is 0.493 e. The zero-order valence-electron chi connectivity index (χ0n) is 15.1. The Morgan fingerprint density at radius 2 is 1.58 bits per heavy atom. The van der Waals surface area contributed by atoms with E-state index in [1.165, 1.54) is 6.92 Å². The number of carbonyl (C=O) groups excluding carboxylic acids is 1. The van der Waals surface area contributed by atoms with E-state index in [9.17, 15) is 4.79 Å². The molecular formula is C20H20N2O4. The average molecular weight is 352 g/mol. The zero-order valence-corrected chi connectivity index (χ0v) is 15.1. The van der Waals surface area contributed by atoms with Crippen molar-refractivity contribution in [3.8, 4) is 39.5 Å². The van der Waals surface area contributed by atoms with Crippen molar-refractivity contribution in [2.45, 2.75) is 6.92 Å². The van der Waals surface area contributed by atoms with Crippen molar-refractivity contribution < 1.29 is 19.0 Å². The van der Waals surface area contributed by atoms with Crippen LogP contribution in [0.3, 0.4) is 0 Å². The number of nitrogens with zero attached hydrogens (tertiary/aromatic N) is 2. The fourth-order valence-corrected chi connectivity index (χ4v) is 2.86. The van der Waals surface area contributed by atoms with E-state index in [0.717, 1.165) is 22.3 Å². The SMILES string of the molecule is COc1cc(-c2cn(C(C)=O)cc2-c2cccnc2)cc(OC)c1OC. The molecule has 0 N–H and O–H groups in total. The van der Waals surface area contributed by atoms with Crippen LogP contribution in [0.1, 0.15) is 11.7 Å². The van der Waals surface area contributed by atoms with Crippen LogP contribution in [0.15, 0.2) is 49.1 Å². The Bertz CT molecular complexity index is 907. The van der Waals surface area contributed by atoms with Gasteiger partial charge in [0.25, 0.3) is 0 Å². The first-order chi connectivity index (χ1) is 12.6. The van der Waals surface area contributed by atoms with Crippen LogP contribution in [0.4, 0.5) is 0 Å². The number of rotatable bonds is 5. The molecule has 2 aromatic heterocycles. The number of ether oxygens (including phenoxy) is 3. The molecule has 0 saturated heterocycles. The number of methoxy groups -OCH3 is 3. The molecule has 0 bridgehead atoms. The van der Waals surface area contributed by atoms with Gasteiger partial charge >= 0.3 is 0 Å². The van der Waals surface area contributed by atoms with Crippen molar-refractivity contribution in [2.24, 2.45) is 0 Å². The van der Waals surface area contributed by atoms with Crippen molar-refractivity contribution in [2.75, 3.05) is 21.3 Å². The zero-order chi connectivity index (χ0) is 18.7. The Morgan fingerprint density at radius 1 is 0.962 bits per heavy atom. The molecule has 3 rings (SSSR count). The molecule has 6 heteroatoms. The van der Waals surface area contributed by atoms with Gasteiger partial charge in [-0.3, -0.25) is 14.3 Å². The van der Waals surface area contributed by atoms with Gasteiger partial charge in [0.2, 0.25) is 11.7 Å². The van der Waals surface area contributed by atoms with Crippen LogP contribution in [0.5, 0.6) is 17.2 Å². The van der Waals surface area contributed by atoms with Crippen molar-refractivity contribution >= 4 is 5.91 Å². The molecule has 0 aliphatic heterocycles. The van der Waals surface area contributed by atoms with E-state index in [1.807, 2.05) is 24.3 Å². The van der Waals surface area contributed by atoms with Gasteiger partial charge in [0.15, 0.2) is 11.5 Å². The summed E-state index contributed by atoms with van der Waals surface area (Å²) in [6.45, 7) is 1.52. The lowest BCUT2D eigenvalue weighted by molar-refractivity contribution is 0.0937. The molecule has 0 atom stereocenters. The first-order valence-corrected chi connectivity index (χ1v) is 8.02. The minimum Gasteiger partial charge on any atom is -0.493 e. The molecule has 0 unspecified atom stereocenters. The molecule has 0 fully saturated rings. The van der Waals surface area contributed by atoms with Gasteiger partial charge in [0.05, 0.1) is 21.3 Å². The fraction of sp³-hybridized carbons (Fsp3) is 0.200. The van der Waals surface area contributed by atoms with Gasteiger partial charge in [-0.1, -0.05) is 6.07 Å². The lowest BCUT2D eigenvalue weighted by atomic mass is 9.99. The third-order valence-corrected chi connectivity index (χ3v) is 4.14. The Kier molecular flexibility index (Phi) is 4.93. The summed E-state index contributed by atoms with van der Waals surface area (Å²) in [6, 6.07) is 7.54. The molecule has 0 amide bonds. The van der Waals surface area contributed by atoms with Gasteiger partial charge in [-0.2, -0.15) is 0 Å². The maximum absolute atomic E-state index is 11.9. The third kappa shape index (κ3) is 3.13. The molecule has 3 aromatic rings. The van der Waals surface area contributed by atoms with E-state index in [4.69, 9.17) is 14.2 Å². The highest BCUT2D eigenvalue weighted by Gasteiger charge is 2.18. The van der Waals surface area contributed by atoms with Crippen LogP contribution in [-0.2, 0) is 0 Å². The Hall–Kier alpha value is -3.28. The van der Waals surface area contributed by atoms with E-state index in [2.05, 4.69) is 4.98 Å². The summed E-state index contributed by atoms with van der Waals surface area (Å²) in [5.74, 6) is 1.55. The van der Waals surface area contributed by atoms with Gasteiger partial charge in [0, 0.05) is 48.4 Å². The van der Waals surface area contributed by atoms with Crippen molar-refractivity contribution in [1.29, 1.82) is 0 Å². The van der Waals surface area contributed by atoms with Gasteiger partial charge in [0.1, 0.15) is 0 Å². The predicted molar refractivity (Wildman–Crippen MR) is 99.1 cm³/mol. The monoisotopic (exact) mass is 352 g/mol. The minimum atomic E-state index is -0.0752. The molecule has 0 spiro atoms. The molecule has 2 heterocycles. The summed E-state index contributed by atoms with van der Waals surface area (Å²) >= 11 is 0. The standard InChI is InChI=1S/C20H20N2O4/c1-13(23)22-11-16(14-6-5-7-21-10-14)17(12-22)15-8-18(24-2)20(26-4)19(9-15)25-3/h5-12H,1-4H3. The maximum atomic E-state index is 11.9. The maximum Gasteiger partial charge on any atom is 0.227 e. The van der Waals surface area contributed by atoms with Gasteiger partial charge in [-0.25, -0.2) is 0 Å². The number of carbonyl (C=O) groups is 1. The first kappa shape index (κ1) is 17.5. The summed E-state index contributed by atoms with van der Waals surface area (Å²) in [6.07, 6.45) is 7.08. The second kappa shape index (κ2) is 7.31. The summed E-state index contributed by atoms with van der Waals surface area (Å²) in [4.78, 5) is 16.1.